The van der Waals surface area contributed by atoms with E-state index in [1.54, 1.807) is 13.2 Å². The Bertz CT molecular complexity index is 605. The van der Waals surface area contributed by atoms with Gasteiger partial charge in [-0.15, -0.1) is 0 Å². The molecule has 0 aliphatic carbocycles. The van der Waals surface area contributed by atoms with E-state index >= 15 is 0 Å². The monoisotopic (exact) mass is 302 g/mol. The summed E-state index contributed by atoms with van der Waals surface area (Å²) in [6, 6.07) is 9.71. The molecular formula is C17H22N2O3. The molecule has 0 spiro atoms. The average Bonchev–Trinajstić information content (AvgIpc) is 3.02. The van der Waals surface area contributed by atoms with E-state index in [-0.39, 0.29) is 11.9 Å². The van der Waals surface area contributed by atoms with E-state index in [0.29, 0.717) is 17.9 Å². The van der Waals surface area contributed by atoms with Crippen molar-refractivity contribution in [2.45, 2.75) is 32.4 Å². The summed E-state index contributed by atoms with van der Waals surface area (Å²) in [5.41, 5.74) is 7.19. The van der Waals surface area contributed by atoms with Crippen LogP contribution in [-0.2, 0) is 13.0 Å². The third-order valence-electron chi connectivity index (χ3n) is 3.52. The molecule has 0 bridgehead atoms. The average molecular weight is 302 g/mol. The molecule has 2 aromatic rings. The van der Waals surface area contributed by atoms with Crippen LogP contribution >= 0.6 is 0 Å². The van der Waals surface area contributed by atoms with E-state index in [1.807, 2.05) is 31.2 Å². The van der Waals surface area contributed by atoms with Crippen LogP contribution in [0.5, 0.6) is 5.75 Å². The molecule has 1 aromatic carbocycles. The van der Waals surface area contributed by atoms with Crippen LogP contribution in [0, 0.1) is 0 Å². The van der Waals surface area contributed by atoms with Gasteiger partial charge in [0.05, 0.1) is 19.2 Å². The zero-order valence-electron chi connectivity index (χ0n) is 13.0. The van der Waals surface area contributed by atoms with Crippen LogP contribution < -0.4 is 15.8 Å². The van der Waals surface area contributed by atoms with Crippen LogP contribution in [0.1, 0.15) is 35.0 Å². The second-order valence-corrected chi connectivity index (χ2v) is 5.27. The summed E-state index contributed by atoms with van der Waals surface area (Å²) in [6.45, 7) is 2.28. The number of carbonyl (C=O) groups excluding carboxylic acids is 1. The molecular weight excluding hydrogens is 280 g/mol. The molecule has 3 N–H and O–H groups in total. The van der Waals surface area contributed by atoms with Gasteiger partial charge >= 0.3 is 0 Å². The SMILES string of the molecule is COc1ccc(CCC(C)NC(=O)c2coc(CN)c2)cc1. The molecule has 0 aliphatic heterocycles. The second kappa shape index (κ2) is 7.66. The molecule has 0 fully saturated rings. The van der Waals surface area contributed by atoms with Gasteiger partial charge in [0.2, 0.25) is 0 Å². The lowest BCUT2D eigenvalue weighted by atomic mass is 10.1. The number of benzene rings is 1. The van der Waals surface area contributed by atoms with E-state index in [9.17, 15) is 4.79 Å². The Hall–Kier alpha value is -2.27. The highest BCUT2D eigenvalue weighted by Gasteiger charge is 2.12. The maximum absolute atomic E-state index is 12.1. The summed E-state index contributed by atoms with van der Waals surface area (Å²) >= 11 is 0. The van der Waals surface area contributed by atoms with E-state index < -0.39 is 0 Å². The van der Waals surface area contributed by atoms with Crippen molar-refractivity contribution in [1.82, 2.24) is 5.32 Å². The second-order valence-electron chi connectivity index (χ2n) is 5.27. The highest BCUT2D eigenvalue weighted by atomic mass is 16.5. The van der Waals surface area contributed by atoms with Crippen molar-refractivity contribution in [3.63, 3.8) is 0 Å². The molecule has 5 nitrogen and oxygen atoms in total. The van der Waals surface area contributed by atoms with Gasteiger partial charge in [0.1, 0.15) is 17.8 Å². The highest BCUT2D eigenvalue weighted by Crippen LogP contribution is 2.13. The molecule has 1 atom stereocenters. The van der Waals surface area contributed by atoms with Crippen molar-refractivity contribution in [2.24, 2.45) is 5.73 Å². The number of hydrogen-bond donors (Lipinski definition) is 2. The fraction of sp³-hybridized carbons (Fsp3) is 0.353. The number of hydrogen-bond acceptors (Lipinski definition) is 4. The minimum absolute atomic E-state index is 0.0748. The fourth-order valence-corrected chi connectivity index (χ4v) is 2.16. The minimum Gasteiger partial charge on any atom is -0.497 e. The molecule has 118 valence electrons. The first-order valence-corrected chi connectivity index (χ1v) is 7.33. The summed E-state index contributed by atoms with van der Waals surface area (Å²) in [7, 11) is 1.65. The first-order valence-electron chi connectivity index (χ1n) is 7.33. The topological polar surface area (TPSA) is 77.5 Å². The number of carbonyl (C=O) groups is 1. The minimum atomic E-state index is -0.134. The van der Waals surface area contributed by atoms with Gasteiger partial charge in [-0.1, -0.05) is 12.1 Å². The number of nitrogens with two attached hydrogens (primary N) is 1. The Morgan fingerprint density at radius 2 is 2.09 bits per heavy atom. The number of aryl methyl sites for hydroxylation is 1. The van der Waals surface area contributed by atoms with Gasteiger partial charge in [0.25, 0.3) is 5.91 Å². The standard InChI is InChI=1S/C17H22N2O3/c1-12(3-4-13-5-7-15(21-2)8-6-13)19-17(20)14-9-16(10-18)22-11-14/h5-9,11-12H,3-4,10,18H2,1-2H3,(H,19,20). The summed E-state index contributed by atoms with van der Waals surface area (Å²) < 4.78 is 10.3. The molecule has 1 heterocycles. The van der Waals surface area contributed by atoms with E-state index in [4.69, 9.17) is 14.9 Å². The van der Waals surface area contributed by atoms with E-state index in [0.717, 1.165) is 18.6 Å². The summed E-state index contributed by atoms with van der Waals surface area (Å²) in [5, 5.41) is 2.96. The van der Waals surface area contributed by atoms with Gasteiger partial charge in [-0.05, 0) is 43.5 Å². The van der Waals surface area contributed by atoms with Crippen LogP contribution in [0.3, 0.4) is 0 Å². The van der Waals surface area contributed by atoms with Crippen molar-refractivity contribution in [3.05, 3.63) is 53.5 Å². The smallest absolute Gasteiger partial charge is 0.254 e. The molecule has 22 heavy (non-hydrogen) atoms. The van der Waals surface area contributed by atoms with Gasteiger partial charge < -0.3 is 20.2 Å². The predicted molar refractivity (Wildman–Crippen MR) is 84.8 cm³/mol. The van der Waals surface area contributed by atoms with Crippen LogP contribution in [0.25, 0.3) is 0 Å². The molecule has 0 saturated carbocycles. The molecule has 1 amide bonds. The summed E-state index contributed by atoms with van der Waals surface area (Å²) in [6.07, 6.45) is 3.19. The largest absolute Gasteiger partial charge is 0.497 e. The van der Waals surface area contributed by atoms with Crippen LogP contribution in [-0.4, -0.2) is 19.1 Å². The lowest BCUT2D eigenvalue weighted by Crippen LogP contribution is -2.32. The number of methoxy groups -OCH3 is 1. The Morgan fingerprint density at radius 1 is 1.36 bits per heavy atom. The number of nitrogens with one attached hydrogen (secondary N) is 1. The van der Waals surface area contributed by atoms with Crippen LogP contribution in [0.4, 0.5) is 0 Å². The first kappa shape index (κ1) is 16.1. The lowest BCUT2D eigenvalue weighted by molar-refractivity contribution is 0.0938. The molecule has 0 saturated heterocycles. The van der Waals surface area contributed by atoms with Crippen LogP contribution in [0.2, 0.25) is 0 Å². The Kier molecular flexibility index (Phi) is 5.61. The maximum atomic E-state index is 12.1. The highest BCUT2D eigenvalue weighted by molar-refractivity contribution is 5.94. The fourth-order valence-electron chi connectivity index (χ4n) is 2.16. The Balaban J connectivity index is 1.81. The van der Waals surface area contributed by atoms with E-state index in [2.05, 4.69) is 5.32 Å². The first-order chi connectivity index (χ1) is 10.6. The van der Waals surface area contributed by atoms with Gasteiger partial charge in [-0.25, -0.2) is 0 Å². The van der Waals surface area contributed by atoms with Gasteiger partial charge in [-0.2, -0.15) is 0 Å². The van der Waals surface area contributed by atoms with Crippen molar-refractivity contribution in [2.75, 3.05) is 7.11 Å². The van der Waals surface area contributed by atoms with Crippen LogP contribution in [0.15, 0.2) is 41.0 Å². The van der Waals surface area contributed by atoms with Crippen molar-refractivity contribution >= 4 is 5.91 Å². The lowest BCUT2D eigenvalue weighted by Gasteiger charge is -2.13. The Morgan fingerprint density at radius 3 is 2.68 bits per heavy atom. The quantitative estimate of drug-likeness (QED) is 0.824. The third kappa shape index (κ3) is 4.36. The number of rotatable bonds is 7. The van der Waals surface area contributed by atoms with Gasteiger partial charge in [0.15, 0.2) is 0 Å². The van der Waals surface area contributed by atoms with Crippen molar-refractivity contribution < 1.29 is 13.9 Å². The molecule has 0 aliphatic rings. The molecule has 5 heteroatoms. The molecule has 1 aromatic heterocycles. The predicted octanol–water partition coefficient (Wildman–Crippen LogP) is 2.50. The Labute approximate surface area is 130 Å². The van der Waals surface area contributed by atoms with Gasteiger partial charge in [0, 0.05) is 6.04 Å². The third-order valence-corrected chi connectivity index (χ3v) is 3.52. The molecule has 1 unspecified atom stereocenters. The van der Waals surface area contributed by atoms with Crippen molar-refractivity contribution in [1.29, 1.82) is 0 Å². The number of ether oxygens (including phenoxy) is 1. The van der Waals surface area contributed by atoms with Crippen molar-refractivity contribution in [3.8, 4) is 5.75 Å². The summed E-state index contributed by atoms with van der Waals surface area (Å²) in [5.74, 6) is 1.32. The summed E-state index contributed by atoms with van der Waals surface area (Å²) in [4.78, 5) is 12.1. The molecule has 2 rings (SSSR count). The van der Waals surface area contributed by atoms with Gasteiger partial charge in [-0.3, -0.25) is 4.79 Å². The normalized spacial score (nSPS) is 12.0. The maximum Gasteiger partial charge on any atom is 0.254 e. The zero-order valence-corrected chi connectivity index (χ0v) is 13.0. The number of amides is 1. The zero-order chi connectivity index (χ0) is 15.9. The number of furan rings is 1. The van der Waals surface area contributed by atoms with E-state index in [1.165, 1.54) is 11.8 Å². The molecule has 0 radical (unpaired) electrons.